The SMILES string of the molecule is CC1CCNCC1NC(=O)c1ccc(=O)n(-c2ccccc2)n1. The highest BCUT2D eigenvalue weighted by Gasteiger charge is 2.23. The van der Waals surface area contributed by atoms with Crippen molar-refractivity contribution < 1.29 is 4.79 Å². The summed E-state index contributed by atoms with van der Waals surface area (Å²) in [5, 5.41) is 10.5. The number of nitrogens with zero attached hydrogens (tertiary/aromatic N) is 2. The first-order valence-electron chi connectivity index (χ1n) is 7.82. The Hall–Kier alpha value is -2.47. The van der Waals surface area contributed by atoms with Gasteiger partial charge in [-0.05, 0) is 37.1 Å². The Morgan fingerprint density at radius 1 is 1.26 bits per heavy atom. The molecule has 2 unspecified atom stereocenters. The highest BCUT2D eigenvalue weighted by Crippen LogP contribution is 2.11. The number of carbonyl (C=O) groups excluding carboxylic acids is 1. The molecule has 0 radical (unpaired) electrons. The fourth-order valence-corrected chi connectivity index (χ4v) is 2.71. The van der Waals surface area contributed by atoms with E-state index in [9.17, 15) is 9.59 Å². The molecule has 0 saturated carbocycles. The van der Waals surface area contributed by atoms with E-state index in [-0.39, 0.29) is 23.2 Å². The Morgan fingerprint density at radius 3 is 2.78 bits per heavy atom. The van der Waals surface area contributed by atoms with Gasteiger partial charge in [0.25, 0.3) is 11.5 Å². The Balaban J connectivity index is 1.83. The van der Waals surface area contributed by atoms with E-state index in [1.165, 1.54) is 16.8 Å². The number of amides is 1. The second-order valence-electron chi connectivity index (χ2n) is 5.85. The lowest BCUT2D eigenvalue weighted by atomic mass is 9.95. The molecular formula is C17H20N4O2. The maximum absolute atomic E-state index is 12.4. The van der Waals surface area contributed by atoms with Gasteiger partial charge in [-0.3, -0.25) is 9.59 Å². The number of benzene rings is 1. The van der Waals surface area contributed by atoms with E-state index in [2.05, 4.69) is 22.7 Å². The normalized spacial score (nSPS) is 20.9. The van der Waals surface area contributed by atoms with Gasteiger partial charge in [0.2, 0.25) is 0 Å². The zero-order valence-corrected chi connectivity index (χ0v) is 13.0. The van der Waals surface area contributed by atoms with Crippen LogP contribution in [0.15, 0.2) is 47.3 Å². The number of carbonyl (C=O) groups is 1. The van der Waals surface area contributed by atoms with Crippen LogP contribution < -0.4 is 16.2 Å². The van der Waals surface area contributed by atoms with Gasteiger partial charge in [0, 0.05) is 18.7 Å². The molecule has 1 fully saturated rings. The number of para-hydroxylation sites is 1. The number of aromatic nitrogens is 2. The molecule has 6 nitrogen and oxygen atoms in total. The number of hydrogen-bond donors (Lipinski definition) is 2. The van der Waals surface area contributed by atoms with Crippen LogP contribution in [0.3, 0.4) is 0 Å². The summed E-state index contributed by atoms with van der Waals surface area (Å²) in [4.78, 5) is 24.4. The summed E-state index contributed by atoms with van der Waals surface area (Å²) in [5.41, 5.74) is 0.617. The van der Waals surface area contributed by atoms with Crippen LogP contribution in [0.25, 0.3) is 5.69 Å². The van der Waals surface area contributed by atoms with Crippen molar-refractivity contribution in [2.24, 2.45) is 5.92 Å². The van der Waals surface area contributed by atoms with Crippen molar-refractivity contribution in [1.82, 2.24) is 20.4 Å². The van der Waals surface area contributed by atoms with Crippen LogP contribution in [-0.4, -0.2) is 34.8 Å². The summed E-state index contributed by atoms with van der Waals surface area (Å²) in [7, 11) is 0. The maximum Gasteiger partial charge on any atom is 0.272 e. The van der Waals surface area contributed by atoms with Gasteiger partial charge in [-0.1, -0.05) is 25.1 Å². The summed E-state index contributed by atoms with van der Waals surface area (Å²) in [6.45, 7) is 3.86. The van der Waals surface area contributed by atoms with Crippen molar-refractivity contribution in [3.63, 3.8) is 0 Å². The molecule has 1 aromatic heterocycles. The first-order valence-corrected chi connectivity index (χ1v) is 7.82. The fourth-order valence-electron chi connectivity index (χ4n) is 2.71. The van der Waals surface area contributed by atoms with Crippen molar-refractivity contribution in [3.05, 3.63) is 58.5 Å². The van der Waals surface area contributed by atoms with Gasteiger partial charge >= 0.3 is 0 Å². The van der Waals surface area contributed by atoms with Crippen molar-refractivity contribution >= 4 is 5.91 Å². The molecule has 2 N–H and O–H groups in total. The molecule has 120 valence electrons. The molecule has 2 aromatic rings. The lowest BCUT2D eigenvalue weighted by molar-refractivity contribution is 0.0908. The number of rotatable bonds is 3. The number of piperidine rings is 1. The third kappa shape index (κ3) is 3.48. The molecule has 0 aliphatic carbocycles. The molecule has 2 heterocycles. The third-order valence-electron chi connectivity index (χ3n) is 4.18. The Kier molecular flexibility index (Phi) is 4.52. The van der Waals surface area contributed by atoms with Crippen LogP contribution in [-0.2, 0) is 0 Å². The van der Waals surface area contributed by atoms with Crippen molar-refractivity contribution in [2.45, 2.75) is 19.4 Å². The van der Waals surface area contributed by atoms with E-state index < -0.39 is 0 Å². The molecule has 0 spiro atoms. The smallest absolute Gasteiger partial charge is 0.272 e. The molecule has 2 atom stereocenters. The van der Waals surface area contributed by atoms with Gasteiger partial charge in [0.15, 0.2) is 0 Å². The molecule has 1 aliphatic rings. The first-order chi connectivity index (χ1) is 11.1. The maximum atomic E-state index is 12.4. The number of nitrogens with one attached hydrogen (secondary N) is 2. The van der Waals surface area contributed by atoms with E-state index in [4.69, 9.17) is 0 Å². The van der Waals surface area contributed by atoms with Crippen LogP contribution in [0.1, 0.15) is 23.8 Å². The molecule has 1 aliphatic heterocycles. The topological polar surface area (TPSA) is 76.0 Å². The first kappa shape index (κ1) is 15.4. The molecule has 1 amide bonds. The zero-order chi connectivity index (χ0) is 16.2. The lowest BCUT2D eigenvalue weighted by Gasteiger charge is -2.30. The summed E-state index contributed by atoms with van der Waals surface area (Å²) in [5.74, 6) is 0.162. The minimum absolute atomic E-state index is 0.0788. The summed E-state index contributed by atoms with van der Waals surface area (Å²) >= 11 is 0. The van der Waals surface area contributed by atoms with E-state index in [0.717, 1.165) is 19.5 Å². The zero-order valence-electron chi connectivity index (χ0n) is 13.0. The monoisotopic (exact) mass is 312 g/mol. The van der Waals surface area contributed by atoms with Gasteiger partial charge in [0.05, 0.1) is 5.69 Å². The van der Waals surface area contributed by atoms with E-state index in [0.29, 0.717) is 11.6 Å². The van der Waals surface area contributed by atoms with Crippen LogP contribution in [0.5, 0.6) is 0 Å². The van der Waals surface area contributed by atoms with Crippen molar-refractivity contribution in [1.29, 1.82) is 0 Å². The molecular weight excluding hydrogens is 292 g/mol. The minimum atomic E-state index is -0.263. The van der Waals surface area contributed by atoms with Gasteiger partial charge in [-0.15, -0.1) is 0 Å². The van der Waals surface area contributed by atoms with Gasteiger partial charge in [-0.25, -0.2) is 0 Å². The molecule has 1 saturated heterocycles. The molecule has 23 heavy (non-hydrogen) atoms. The molecule has 3 rings (SSSR count). The van der Waals surface area contributed by atoms with Gasteiger partial charge < -0.3 is 10.6 Å². The lowest BCUT2D eigenvalue weighted by Crippen LogP contribution is -2.50. The van der Waals surface area contributed by atoms with Crippen LogP contribution in [0, 0.1) is 5.92 Å². The second kappa shape index (κ2) is 6.75. The van der Waals surface area contributed by atoms with E-state index >= 15 is 0 Å². The highest BCUT2D eigenvalue weighted by molar-refractivity contribution is 5.92. The van der Waals surface area contributed by atoms with Crippen LogP contribution in [0.2, 0.25) is 0 Å². The number of hydrogen-bond acceptors (Lipinski definition) is 4. The van der Waals surface area contributed by atoms with Crippen LogP contribution >= 0.6 is 0 Å². The molecule has 6 heteroatoms. The minimum Gasteiger partial charge on any atom is -0.346 e. The Morgan fingerprint density at radius 2 is 2.04 bits per heavy atom. The fraction of sp³-hybridized carbons (Fsp3) is 0.353. The summed E-state index contributed by atoms with van der Waals surface area (Å²) in [6.07, 6.45) is 1.03. The van der Waals surface area contributed by atoms with Crippen molar-refractivity contribution in [2.75, 3.05) is 13.1 Å². The Labute approximate surface area is 134 Å². The largest absolute Gasteiger partial charge is 0.346 e. The van der Waals surface area contributed by atoms with Crippen LogP contribution in [0.4, 0.5) is 0 Å². The van der Waals surface area contributed by atoms with E-state index in [1.54, 1.807) is 12.1 Å². The van der Waals surface area contributed by atoms with Gasteiger partial charge in [0.1, 0.15) is 5.69 Å². The quantitative estimate of drug-likeness (QED) is 0.885. The predicted molar refractivity (Wildman–Crippen MR) is 87.7 cm³/mol. The van der Waals surface area contributed by atoms with E-state index in [1.807, 2.05) is 18.2 Å². The van der Waals surface area contributed by atoms with Crippen molar-refractivity contribution in [3.8, 4) is 5.69 Å². The average molecular weight is 312 g/mol. The summed E-state index contributed by atoms with van der Waals surface area (Å²) in [6, 6.07) is 12.0. The second-order valence-corrected chi connectivity index (χ2v) is 5.85. The summed E-state index contributed by atoms with van der Waals surface area (Å²) < 4.78 is 1.25. The van der Waals surface area contributed by atoms with Gasteiger partial charge in [-0.2, -0.15) is 9.78 Å². The Bertz CT molecular complexity index is 742. The predicted octanol–water partition coefficient (Wildman–Crippen LogP) is 0.960. The standard InChI is InChI=1S/C17H20N4O2/c1-12-9-10-18-11-15(12)19-17(23)14-7-8-16(22)21(20-14)13-5-3-2-4-6-13/h2-8,12,15,18H,9-11H2,1H3,(H,19,23). The molecule has 1 aromatic carbocycles. The highest BCUT2D eigenvalue weighted by atomic mass is 16.2. The molecule has 0 bridgehead atoms. The third-order valence-corrected chi connectivity index (χ3v) is 4.18. The average Bonchev–Trinajstić information content (AvgIpc) is 2.58.